The topological polar surface area (TPSA) is 79.6 Å². The summed E-state index contributed by atoms with van der Waals surface area (Å²) < 4.78 is 32.4. The van der Waals surface area contributed by atoms with Gasteiger partial charge in [-0.3, -0.25) is 4.79 Å². The van der Waals surface area contributed by atoms with Crippen LogP contribution in [0.2, 0.25) is 0 Å². The molecule has 0 saturated carbocycles. The molecule has 1 aliphatic heterocycles. The Labute approximate surface area is 147 Å². The summed E-state index contributed by atoms with van der Waals surface area (Å²) in [5.74, 6) is 0.438. The Bertz CT molecular complexity index is 880. The summed E-state index contributed by atoms with van der Waals surface area (Å²) in [6.07, 6.45) is 2.82. The van der Waals surface area contributed by atoms with Gasteiger partial charge in [0, 0.05) is 18.8 Å². The Morgan fingerprint density at radius 3 is 2.44 bits per heavy atom. The van der Waals surface area contributed by atoms with Gasteiger partial charge in [-0.1, -0.05) is 12.5 Å². The van der Waals surface area contributed by atoms with Crippen molar-refractivity contribution < 1.29 is 17.6 Å². The van der Waals surface area contributed by atoms with E-state index in [1.807, 2.05) is 6.92 Å². The maximum Gasteiger partial charge on any atom is 0.291 e. The van der Waals surface area contributed by atoms with Crippen LogP contribution in [0.25, 0.3) is 0 Å². The van der Waals surface area contributed by atoms with Crippen molar-refractivity contribution in [2.24, 2.45) is 0 Å². The molecule has 0 spiro atoms. The summed E-state index contributed by atoms with van der Waals surface area (Å²) in [5.41, 5.74) is 1.26. The number of rotatable bonds is 4. The number of hydrogen-bond acceptors (Lipinski definition) is 4. The third-order valence-electron chi connectivity index (χ3n) is 4.37. The van der Waals surface area contributed by atoms with Gasteiger partial charge in [-0.2, -0.15) is 4.31 Å². The molecule has 0 unspecified atom stereocenters. The average molecular weight is 362 g/mol. The van der Waals surface area contributed by atoms with Gasteiger partial charge in [-0.05, 0) is 56.5 Å². The number of hydrogen-bond donors (Lipinski definition) is 1. The summed E-state index contributed by atoms with van der Waals surface area (Å²) in [7, 11) is -3.54. The highest BCUT2D eigenvalue weighted by atomic mass is 32.2. The van der Waals surface area contributed by atoms with Crippen molar-refractivity contribution >= 4 is 21.6 Å². The van der Waals surface area contributed by atoms with Crippen LogP contribution >= 0.6 is 0 Å². The summed E-state index contributed by atoms with van der Waals surface area (Å²) in [6, 6.07) is 8.12. The molecule has 0 radical (unpaired) electrons. The zero-order valence-electron chi connectivity index (χ0n) is 14.4. The molecule has 6 nitrogen and oxygen atoms in total. The van der Waals surface area contributed by atoms with E-state index in [2.05, 4.69) is 5.32 Å². The zero-order valence-corrected chi connectivity index (χ0v) is 15.2. The van der Waals surface area contributed by atoms with E-state index in [1.54, 1.807) is 31.2 Å². The molecule has 2 heterocycles. The predicted octanol–water partition coefficient (Wildman–Crippen LogP) is 3.32. The molecule has 1 N–H and O–H groups in total. The number of amides is 1. The van der Waals surface area contributed by atoms with E-state index >= 15 is 0 Å². The third-order valence-corrected chi connectivity index (χ3v) is 6.27. The number of nitrogens with zero attached hydrogens (tertiary/aromatic N) is 1. The summed E-state index contributed by atoms with van der Waals surface area (Å²) in [6.45, 7) is 4.67. The quantitative estimate of drug-likeness (QED) is 0.905. The van der Waals surface area contributed by atoms with Crippen LogP contribution in [-0.4, -0.2) is 31.7 Å². The minimum absolute atomic E-state index is 0.196. The second-order valence-corrected chi connectivity index (χ2v) is 8.24. The fourth-order valence-corrected chi connectivity index (χ4v) is 4.43. The summed E-state index contributed by atoms with van der Waals surface area (Å²) in [5, 5.41) is 2.74. The van der Waals surface area contributed by atoms with E-state index in [-0.39, 0.29) is 10.7 Å². The second kappa shape index (κ2) is 7.01. The molecule has 1 aromatic carbocycles. The molecule has 0 atom stereocenters. The molecule has 1 aliphatic rings. The second-order valence-electron chi connectivity index (χ2n) is 6.31. The molecule has 2 aromatic rings. The highest BCUT2D eigenvalue weighted by Crippen LogP contribution is 2.25. The molecule has 7 heteroatoms. The Hall–Kier alpha value is -2.12. The van der Waals surface area contributed by atoms with Crippen LogP contribution in [0, 0.1) is 13.8 Å². The van der Waals surface area contributed by atoms with E-state index < -0.39 is 15.9 Å². The number of aryl methyl sites for hydroxylation is 2. The lowest BCUT2D eigenvalue weighted by Gasteiger charge is -2.26. The fourth-order valence-electron chi connectivity index (χ4n) is 2.89. The number of carbonyl (C=O) groups is 1. The van der Waals surface area contributed by atoms with E-state index in [1.165, 1.54) is 10.4 Å². The monoisotopic (exact) mass is 362 g/mol. The van der Waals surface area contributed by atoms with Crippen LogP contribution in [-0.2, 0) is 10.0 Å². The summed E-state index contributed by atoms with van der Waals surface area (Å²) in [4.78, 5) is 12.5. The van der Waals surface area contributed by atoms with Gasteiger partial charge >= 0.3 is 0 Å². The van der Waals surface area contributed by atoms with Crippen molar-refractivity contribution in [3.8, 4) is 0 Å². The standard InChI is InChI=1S/C18H22N2O4S/c1-13-6-8-15(25(22,23)20-10-4-3-5-11-20)12-16(13)19-18(21)17-9-7-14(2)24-17/h6-9,12H,3-5,10-11H2,1-2H3,(H,19,21). The van der Waals surface area contributed by atoms with Crippen molar-refractivity contribution in [2.45, 2.75) is 38.0 Å². The number of furan rings is 1. The van der Waals surface area contributed by atoms with E-state index in [4.69, 9.17) is 4.42 Å². The smallest absolute Gasteiger partial charge is 0.291 e. The molecule has 1 saturated heterocycles. The Morgan fingerprint density at radius 2 is 1.80 bits per heavy atom. The highest BCUT2D eigenvalue weighted by Gasteiger charge is 2.26. The number of nitrogens with one attached hydrogen (secondary N) is 1. The van der Waals surface area contributed by atoms with Gasteiger partial charge in [-0.15, -0.1) is 0 Å². The molecule has 1 amide bonds. The largest absolute Gasteiger partial charge is 0.456 e. The van der Waals surface area contributed by atoms with Crippen LogP contribution in [0.5, 0.6) is 0 Å². The molecule has 25 heavy (non-hydrogen) atoms. The van der Waals surface area contributed by atoms with Gasteiger partial charge in [-0.25, -0.2) is 8.42 Å². The van der Waals surface area contributed by atoms with Crippen molar-refractivity contribution in [3.05, 3.63) is 47.4 Å². The first-order valence-electron chi connectivity index (χ1n) is 8.36. The van der Waals surface area contributed by atoms with Gasteiger partial charge in [0.25, 0.3) is 5.91 Å². The molecular weight excluding hydrogens is 340 g/mol. The Kier molecular flexibility index (Phi) is 4.96. The molecule has 3 rings (SSSR count). The minimum atomic E-state index is -3.54. The van der Waals surface area contributed by atoms with Crippen molar-refractivity contribution in [3.63, 3.8) is 0 Å². The number of carbonyl (C=O) groups excluding carboxylic acids is 1. The SMILES string of the molecule is Cc1ccc(C(=O)Nc2cc(S(=O)(=O)N3CCCCC3)ccc2C)o1. The molecule has 1 aromatic heterocycles. The summed E-state index contributed by atoms with van der Waals surface area (Å²) >= 11 is 0. The molecular formula is C18H22N2O4S. The number of piperidine rings is 1. The predicted molar refractivity (Wildman–Crippen MR) is 95.2 cm³/mol. The van der Waals surface area contributed by atoms with Crippen LogP contribution < -0.4 is 5.32 Å². The van der Waals surface area contributed by atoms with Crippen molar-refractivity contribution in [1.29, 1.82) is 0 Å². The lowest BCUT2D eigenvalue weighted by Crippen LogP contribution is -2.35. The van der Waals surface area contributed by atoms with E-state index in [0.717, 1.165) is 24.8 Å². The molecule has 134 valence electrons. The number of anilines is 1. The van der Waals surface area contributed by atoms with Gasteiger partial charge in [0.15, 0.2) is 5.76 Å². The lowest BCUT2D eigenvalue weighted by molar-refractivity contribution is 0.0995. The normalized spacial score (nSPS) is 15.9. The number of benzene rings is 1. The molecule has 0 aliphatic carbocycles. The first kappa shape index (κ1) is 17.7. The van der Waals surface area contributed by atoms with Crippen LogP contribution in [0.3, 0.4) is 0 Å². The van der Waals surface area contributed by atoms with Crippen molar-refractivity contribution in [1.82, 2.24) is 4.31 Å². The van der Waals surface area contributed by atoms with Crippen LogP contribution in [0.4, 0.5) is 5.69 Å². The average Bonchev–Trinajstić information content (AvgIpc) is 3.04. The highest BCUT2D eigenvalue weighted by molar-refractivity contribution is 7.89. The lowest BCUT2D eigenvalue weighted by atomic mass is 10.2. The Morgan fingerprint density at radius 1 is 1.08 bits per heavy atom. The van der Waals surface area contributed by atoms with Crippen molar-refractivity contribution in [2.75, 3.05) is 18.4 Å². The maximum atomic E-state index is 12.8. The first-order valence-corrected chi connectivity index (χ1v) is 9.80. The fraction of sp³-hybridized carbons (Fsp3) is 0.389. The van der Waals surface area contributed by atoms with Crippen LogP contribution in [0.1, 0.15) is 41.1 Å². The molecule has 1 fully saturated rings. The minimum Gasteiger partial charge on any atom is -0.456 e. The maximum absolute atomic E-state index is 12.8. The van der Waals surface area contributed by atoms with Gasteiger partial charge in [0.2, 0.25) is 10.0 Å². The Balaban J connectivity index is 1.86. The van der Waals surface area contributed by atoms with Gasteiger partial charge in [0.1, 0.15) is 5.76 Å². The van der Waals surface area contributed by atoms with E-state index in [0.29, 0.717) is 24.5 Å². The van der Waals surface area contributed by atoms with Gasteiger partial charge in [0.05, 0.1) is 4.90 Å². The van der Waals surface area contributed by atoms with E-state index in [9.17, 15) is 13.2 Å². The third kappa shape index (κ3) is 3.77. The molecule has 0 bridgehead atoms. The zero-order chi connectivity index (χ0) is 18.0. The van der Waals surface area contributed by atoms with Gasteiger partial charge < -0.3 is 9.73 Å². The first-order chi connectivity index (χ1) is 11.9. The van der Waals surface area contributed by atoms with Crippen LogP contribution in [0.15, 0.2) is 39.6 Å². The number of sulfonamides is 1.